The van der Waals surface area contributed by atoms with Crippen LogP contribution in [0.2, 0.25) is 18.1 Å². The summed E-state index contributed by atoms with van der Waals surface area (Å²) < 4.78 is 39.6. The second kappa shape index (κ2) is 9.06. The second-order valence-electron chi connectivity index (χ2n) is 8.53. The number of hydrogen-bond acceptors (Lipinski definition) is 6. The summed E-state index contributed by atoms with van der Waals surface area (Å²) in [6.45, 7) is 17.3. The zero-order chi connectivity index (χ0) is 21.0. The molecule has 7 nitrogen and oxygen atoms in total. The molecule has 1 aliphatic heterocycles. The molecule has 1 fully saturated rings. The molecule has 27 heavy (non-hydrogen) atoms. The lowest BCUT2D eigenvalue weighted by atomic mass is 9.99. The van der Waals surface area contributed by atoms with Gasteiger partial charge >= 0.3 is 6.09 Å². The molecule has 0 unspecified atom stereocenters. The highest BCUT2D eigenvalue weighted by Crippen LogP contribution is 2.44. The van der Waals surface area contributed by atoms with Crippen molar-refractivity contribution in [1.82, 2.24) is 4.90 Å². The SMILES string of the molecule is C=CCOC(=O)N1C[C@@H](OS(C)(=O)=O)C[C@H]1CO[Si](C)(C)C(C)(C)C(C)C. The number of rotatable bonds is 9. The van der Waals surface area contributed by atoms with E-state index in [0.717, 1.165) is 6.26 Å². The minimum atomic E-state index is -3.60. The molecule has 0 aliphatic carbocycles. The summed E-state index contributed by atoms with van der Waals surface area (Å²) in [5.41, 5.74) is 0. The van der Waals surface area contributed by atoms with E-state index in [4.69, 9.17) is 13.3 Å². The lowest BCUT2D eigenvalue weighted by Gasteiger charge is -2.43. The molecule has 0 N–H and O–H groups in total. The van der Waals surface area contributed by atoms with Crippen LogP contribution in [0.3, 0.4) is 0 Å². The molecule has 1 aliphatic rings. The van der Waals surface area contributed by atoms with Crippen LogP contribution in [0.1, 0.15) is 34.1 Å². The van der Waals surface area contributed by atoms with Crippen LogP contribution in [0.4, 0.5) is 4.79 Å². The Balaban J connectivity index is 2.89. The molecule has 0 aromatic carbocycles. The van der Waals surface area contributed by atoms with Crippen molar-refractivity contribution in [3.63, 3.8) is 0 Å². The van der Waals surface area contributed by atoms with Crippen molar-refractivity contribution in [2.45, 2.75) is 64.4 Å². The van der Waals surface area contributed by atoms with Crippen molar-refractivity contribution in [2.75, 3.05) is 26.0 Å². The van der Waals surface area contributed by atoms with Crippen LogP contribution in [0, 0.1) is 5.92 Å². The standard InChI is InChI=1S/C18H35NO6SSi/c1-9-10-23-17(20)19-12-16(25-26(6,21)22)11-15(19)13-24-27(7,8)18(4,5)14(2)3/h9,14-16H,1,10-13H2,2-8H3/t15-,16-/m0/s1. The topological polar surface area (TPSA) is 82.1 Å². The molecule has 0 spiro atoms. The van der Waals surface area contributed by atoms with Crippen molar-refractivity contribution in [2.24, 2.45) is 5.92 Å². The number of carbonyl (C=O) groups is 1. The van der Waals surface area contributed by atoms with Gasteiger partial charge < -0.3 is 14.1 Å². The average Bonchev–Trinajstić information content (AvgIpc) is 2.91. The smallest absolute Gasteiger partial charge is 0.410 e. The molecule has 0 aromatic rings. The average molecular weight is 422 g/mol. The molecule has 0 radical (unpaired) electrons. The van der Waals surface area contributed by atoms with Gasteiger partial charge in [0.25, 0.3) is 10.1 Å². The summed E-state index contributed by atoms with van der Waals surface area (Å²) >= 11 is 0. The quantitative estimate of drug-likeness (QED) is 0.322. The maximum absolute atomic E-state index is 12.4. The van der Waals surface area contributed by atoms with Crippen molar-refractivity contribution in [3.05, 3.63) is 12.7 Å². The van der Waals surface area contributed by atoms with Gasteiger partial charge in [-0.1, -0.05) is 40.3 Å². The molecular formula is C18H35NO6SSi. The molecule has 1 rings (SSSR count). The minimum Gasteiger partial charge on any atom is -0.445 e. The first kappa shape index (κ1) is 24.1. The maximum Gasteiger partial charge on any atom is 0.410 e. The van der Waals surface area contributed by atoms with E-state index < -0.39 is 30.6 Å². The minimum absolute atomic E-state index is 0.0441. The molecule has 0 bridgehead atoms. The summed E-state index contributed by atoms with van der Waals surface area (Å²) in [5.74, 6) is 0.456. The maximum atomic E-state index is 12.4. The third-order valence-corrected chi connectivity index (χ3v) is 11.1. The second-order valence-corrected chi connectivity index (χ2v) is 14.7. The molecular weight excluding hydrogens is 386 g/mol. The van der Waals surface area contributed by atoms with Crippen molar-refractivity contribution >= 4 is 24.5 Å². The van der Waals surface area contributed by atoms with Gasteiger partial charge in [-0.15, -0.1) is 0 Å². The highest BCUT2D eigenvalue weighted by atomic mass is 32.2. The summed E-state index contributed by atoms with van der Waals surface area (Å²) in [6, 6.07) is -0.288. The summed E-state index contributed by atoms with van der Waals surface area (Å²) in [6.07, 6.45) is 1.80. The van der Waals surface area contributed by atoms with Crippen LogP contribution in [-0.4, -0.2) is 65.9 Å². The van der Waals surface area contributed by atoms with Crippen LogP contribution in [0.5, 0.6) is 0 Å². The van der Waals surface area contributed by atoms with E-state index in [2.05, 4.69) is 47.4 Å². The third kappa shape index (κ3) is 6.58. The fourth-order valence-corrected chi connectivity index (χ4v) is 5.98. The Morgan fingerprint density at radius 3 is 2.44 bits per heavy atom. The molecule has 1 saturated heterocycles. The zero-order valence-electron chi connectivity index (χ0n) is 17.6. The van der Waals surface area contributed by atoms with E-state index in [0.29, 0.717) is 18.9 Å². The van der Waals surface area contributed by atoms with Crippen LogP contribution in [0.15, 0.2) is 12.7 Å². The lowest BCUT2D eigenvalue weighted by molar-refractivity contribution is 0.0917. The van der Waals surface area contributed by atoms with Crippen LogP contribution < -0.4 is 0 Å². The number of hydrogen-bond donors (Lipinski definition) is 0. The van der Waals surface area contributed by atoms with Gasteiger partial charge in [0.15, 0.2) is 8.32 Å². The van der Waals surface area contributed by atoms with Gasteiger partial charge in [0.2, 0.25) is 0 Å². The molecule has 2 atom stereocenters. The zero-order valence-corrected chi connectivity index (χ0v) is 19.5. The Morgan fingerprint density at radius 2 is 1.96 bits per heavy atom. The number of ether oxygens (including phenoxy) is 1. The molecule has 0 aromatic heterocycles. The van der Waals surface area contributed by atoms with Gasteiger partial charge in [-0.2, -0.15) is 8.42 Å². The molecule has 158 valence electrons. The highest BCUT2D eigenvalue weighted by molar-refractivity contribution is 7.86. The number of likely N-dealkylation sites (tertiary alicyclic amines) is 1. The van der Waals surface area contributed by atoms with E-state index in [9.17, 15) is 13.2 Å². The van der Waals surface area contributed by atoms with E-state index in [1.807, 2.05) is 0 Å². The Kier molecular flexibility index (Phi) is 8.10. The van der Waals surface area contributed by atoms with E-state index in [1.165, 1.54) is 11.0 Å². The fraction of sp³-hybridized carbons (Fsp3) is 0.833. The van der Waals surface area contributed by atoms with Crippen LogP contribution >= 0.6 is 0 Å². The Bertz CT molecular complexity index is 632. The lowest BCUT2D eigenvalue weighted by Crippen LogP contribution is -2.48. The Labute approximate surface area is 165 Å². The van der Waals surface area contributed by atoms with E-state index in [1.54, 1.807) is 0 Å². The van der Waals surface area contributed by atoms with Crippen molar-refractivity contribution in [1.29, 1.82) is 0 Å². The van der Waals surface area contributed by atoms with Crippen molar-refractivity contribution in [3.8, 4) is 0 Å². The van der Waals surface area contributed by atoms with Gasteiger partial charge in [0, 0.05) is 0 Å². The molecule has 0 saturated carbocycles. The van der Waals surface area contributed by atoms with Gasteiger partial charge in [0.05, 0.1) is 31.6 Å². The van der Waals surface area contributed by atoms with Crippen molar-refractivity contribution < 1.29 is 26.6 Å². The molecule has 1 amide bonds. The largest absolute Gasteiger partial charge is 0.445 e. The number of amides is 1. The first-order chi connectivity index (χ1) is 12.2. The van der Waals surface area contributed by atoms with Crippen LogP contribution in [-0.2, 0) is 23.5 Å². The predicted molar refractivity (Wildman–Crippen MR) is 109 cm³/mol. The van der Waals surface area contributed by atoms with E-state index in [-0.39, 0.29) is 24.2 Å². The first-order valence-electron chi connectivity index (χ1n) is 9.27. The van der Waals surface area contributed by atoms with Gasteiger partial charge in [0.1, 0.15) is 6.61 Å². The monoisotopic (exact) mass is 421 g/mol. The van der Waals surface area contributed by atoms with Gasteiger partial charge in [-0.25, -0.2) is 4.79 Å². The number of carbonyl (C=O) groups excluding carboxylic acids is 1. The normalized spacial score (nSPS) is 21.6. The molecule has 9 heteroatoms. The van der Waals surface area contributed by atoms with Gasteiger partial charge in [-0.3, -0.25) is 4.18 Å². The molecule has 1 heterocycles. The Hall–Kier alpha value is -0.903. The fourth-order valence-electron chi connectivity index (χ4n) is 2.97. The van der Waals surface area contributed by atoms with Gasteiger partial charge in [-0.05, 0) is 30.5 Å². The summed E-state index contributed by atoms with van der Waals surface area (Å²) in [4.78, 5) is 13.9. The summed E-state index contributed by atoms with van der Waals surface area (Å²) in [7, 11) is -5.68. The van der Waals surface area contributed by atoms with Crippen LogP contribution in [0.25, 0.3) is 0 Å². The van der Waals surface area contributed by atoms with E-state index >= 15 is 0 Å². The number of nitrogens with zero attached hydrogens (tertiary/aromatic N) is 1. The summed E-state index contributed by atoms with van der Waals surface area (Å²) in [5, 5.41) is 0.0441. The third-order valence-electron chi connectivity index (χ3n) is 5.88. The highest BCUT2D eigenvalue weighted by Gasteiger charge is 2.45. The Morgan fingerprint density at radius 1 is 1.37 bits per heavy atom. The predicted octanol–water partition coefficient (Wildman–Crippen LogP) is 3.39. The first-order valence-corrected chi connectivity index (χ1v) is 14.0.